The summed E-state index contributed by atoms with van der Waals surface area (Å²) >= 11 is 0. The Morgan fingerprint density at radius 1 is 1.26 bits per heavy atom. The van der Waals surface area contributed by atoms with Gasteiger partial charge in [0.2, 0.25) is 0 Å². The zero-order valence-electron chi connectivity index (χ0n) is 12.0. The van der Waals surface area contributed by atoms with Crippen molar-refractivity contribution in [3.05, 3.63) is 29.3 Å². The summed E-state index contributed by atoms with van der Waals surface area (Å²) in [5, 5.41) is 10.2. The Morgan fingerprint density at radius 2 is 1.74 bits per heavy atom. The van der Waals surface area contributed by atoms with E-state index in [4.69, 9.17) is 5.11 Å². The normalized spacial score (nSPS) is 12.7. The maximum absolute atomic E-state index is 13.8. The number of carboxylic acids is 1. The van der Waals surface area contributed by atoms with Gasteiger partial charge in [0.05, 0.1) is 0 Å². The standard InChI is InChI=1S/C13H13F5N2O3/c1-6(13(16,17)18)20(2)7-3-8(14)11(9(15)4-7)12(23)19-5-10(21)22/h3-4,6H,5H2,1-2H3,(H,19,23)(H,21,22)/t6-/m1/s1. The lowest BCUT2D eigenvalue weighted by atomic mass is 10.1. The van der Waals surface area contributed by atoms with Gasteiger partial charge in [-0.25, -0.2) is 8.78 Å². The molecule has 5 nitrogen and oxygen atoms in total. The average molecular weight is 340 g/mol. The molecular formula is C13H13F5N2O3. The summed E-state index contributed by atoms with van der Waals surface area (Å²) in [6.45, 7) is -0.0479. The first kappa shape index (κ1) is 18.7. The summed E-state index contributed by atoms with van der Waals surface area (Å²) in [6, 6.07) is -0.866. The van der Waals surface area contributed by atoms with Crippen LogP contribution < -0.4 is 10.2 Å². The van der Waals surface area contributed by atoms with Crippen LogP contribution in [0.1, 0.15) is 17.3 Å². The molecule has 0 fully saturated rings. The van der Waals surface area contributed by atoms with Crippen LogP contribution in [0.4, 0.5) is 27.6 Å². The third-order valence-corrected chi connectivity index (χ3v) is 3.12. The second kappa shape index (κ2) is 6.80. The van der Waals surface area contributed by atoms with Gasteiger partial charge < -0.3 is 15.3 Å². The number of hydrogen-bond donors (Lipinski definition) is 2. The van der Waals surface area contributed by atoms with Gasteiger partial charge in [-0.05, 0) is 19.1 Å². The lowest BCUT2D eigenvalue weighted by Gasteiger charge is -2.29. The van der Waals surface area contributed by atoms with Crippen molar-refractivity contribution < 1.29 is 36.6 Å². The SMILES string of the molecule is C[C@@H](N(C)c1cc(F)c(C(=O)NCC(=O)O)c(F)c1)C(F)(F)F. The number of hydrogen-bond acceptors (Lipinski definition) is 3. The number of amides is 1. The van der Waals surface area contributed by atoms with Crippen molar-refractivity contribution in [2.24, 2.45) is 0 Å². The van der Waals surface area contributed by atoms with Crippen LogP contribution in [0.2, 0.25) is 0 Å². The quantitative estimate of drug-likeness (QED) is 0.806. The minimum Gasteiger partial charge on any atom is -0.480 e. The van der Waals surface area contributed by atoms with Gasteiger partial charge in [0, 0.05) is 12.7 Å². The molecule has 2 N–H and O–H groups in total. The fraction of sp³-hybridized carbons (Fsp3) is 0.385. The molecular weight excluding hydrogens is 327 g/mol. The Hall–Kier alpha value is -2.39. The molecule has 0 spiro atoms. The molecule has 128 valence electrons. The van der Waals surface area contributed by atoms with Crippen molar-refractivity contribution in [2.45, 2.75) is 19.1 Å². The lowest BCUT2D eigenvalue weighted by Crippen LogP contribution is -2.41. The molecule has 10 heteroatoms. The Kier molecular flexibility index (Phi) is 5.51. The van der Waals surface area contributed by atoms with Crippen LogP contribution in [0.5, 0.6) is 0 Å². The Morgan fingerprint density at radius 3 is 2.13 bits per heavy atom. The van der Waals surface area contributed by atoms with E-state index in [1.54, 1.807) is 5.32 Å². The van der Waals surface area contributed by atoms with E-state index in [1.807, 2.05) is 0 Å². The number of rotatable bonds is 5. The molecule has 0 saturated heterocycles. The number of anilines is 1. The Bertz CT molecular complexity index is 595. The van der Waals surface area contributed by atoms with Gasteiger partial charge in [0.25, 0.3) is 5.91 Å². The summed E-state index contributed by atoms with van der Waals surface area (Å²) in [4.78, 5) is 22.4. The molecule has 23 heavy (non-hydrogen) atoms. The van der Waals surface area contributed by atoms with Gasteiger partial charge in [0.1, 0.15) is 29.8 Å². The molecule has 1 amide bonds. The zero-order valence-corrected chi connectivity index (χ0v) is 12.0. The highest BCUT2D eigenvalue weighted by Gasteiger charge is 2.39. The summed E-state index contributed by atoms with van der Waals surface area (Å²) in [6.07, 6.45) is -4.61. The lowest BCUT2D eigenvalue weighted by molar-refractivity contribution is -0.144. The van der Waals surface area contributed by atoms with Gasteiger partial charge in [0.15, 0.2) is 0 Å². The van der Waals surface area contributed by atoms with Gasteiger partial charge in [-0.15, -0.1) is 0 Å². The number of alkyl halides is 3. The van der Waals surface area contributed by atoms with E-state index in [-0.39, 0.29) is 0 Å². The van der Waals surface area contributed by atoms with Crippen molar-refractivity contribution in [3.8, 4) is 0 Å². The van der Waals surface area contributed by atoms with Crippen molar-refractivity contribution in [3.63, 3.8) is 0 Å². The van der Waals surface area contributed by atoms with Crippen LogP contribution in [0, 0.1) is 11.6 Å². The molecule has 0 bridgehead atoms. The zero-order chi connectivity index (χ0) is 17.9. The first-order valence-electron chi connectivity index (χ1n) is 6.23. The number of nitrogens with zero attached hydrogens (tertiary/aromatic N) is 1. The molecule has 1 rings (SSSR count). The summed E-state index contributed by atoms with van der Waals surface area (Å²) in [5.74, 6) is -5.54. The van der Waals surface area contributed by atoms with E-state index in [1.165, 1.54) is 0 Å². The number of carbonyl (C=O) groups is 2. The van der Waals surface area contributed by atoms with E-state index < -0.39 is 53.5 Å². The van der Waals surface area contributed by atoms with E-state index >= 15 is 0 Å². The van der Waals surface area contributed by atoms with Crippen LogP contribution in [0.3, 0.4) is 0 Å². The average Bonchev–Trinajstić information content (AvgIpc) is 2.41. The van der Waals surface area contributed by atoms with E-state index in [2.05, 4.69) is 0 Å². The molecule has 0 saturated carbocycles. The van der Waals surface area contributed by atoms with Crippen LogP contribution in [0.15, 0.2) is 12.1 Å². The Labute approximate surface area is 127 Å². The fourth-order valence-electron chi connectivity index (χ4n) is 1.67. The van der Waals surface area contributed by atoms with Crippen molar-refractivity contribution in [1.82, 2.24) is 5.32 Å². The predicted octanol–water partition coefficient (Wildman–Crippen LogP) is 2.17. The first-order valence-corrected chi connectivity index (χ1v) is 6.23. The first-order chi connectivity index (χ1) is 10.4. The van der Waals surface area contributed by atoms with Crippen molar-refractivity contribution in [1.29, 1.82) is 0 Å². The topological polar surface area (TPSA) is 69.6 Å². The second-order valence-electron chi connectivity index (χ2n) is 4.69. The predicted molar refractivity (Wildman–Crippen MR) is 70.2 cm³/mol. The Balaban J connectivity index is 3.10. The van der Waals surface area contributed by atoms with Crippen LogP contribution in [-0.4, -0.2) is 42.8 Å². The fourth-order valence-corrected chi connectivity index (χ4v) is 1.67. The summed E-state index contributed by atoms with van der Waals surface area (Å²) in [7, 11) is 0.997. The number of benzene rings is 1. The molecule has 0 unspecified atom stereocenters. The third kappa shape index (κ3) is 4.54. The largest absolute Gasteiger partial charge is 0.480 e. The monoisotopic (exact) mass is 340 g/mol. The van der Waals surface area contributed by atoms with Gasteiger partial charge in [-0.1, -0.05) is 0 Å². The highest BCUT2D eigenvalue weighted by molar-refractivity contribution is 5.96. The molecule has 0 aliphatic heterocycles. The highest BCUT2D eigenvalue weighted by Crippen LogP contribution is 2.29. The number of nitrogens with one attached hydrogen (secondary N) is 1. The molecule has 1 aromatic carbocycles. The van der Waals surface area contributed by atoms with E-state index in [0.29, 0.717) is 17.0 Å². The minimum absolute atomic E-state index is 0.417. The molecule has 1 aromatic rings. The van der Waals surface area contributed by atoms with Gasteiger partial charge in [-0.2, -0.15) is 13.2 Å². The molecule has 0 radical (unpaired) electrons. The smallest absolute Gasteiger partial charge is 0.408 e. The third-order valence-electron chi connectivity index (χ3n) is 3.12. The molecule has 0 heterocycles. The molecule has 0 aromatic heterocycles. The highest BCUT2D eigenvalue weighted by atomic mass is 19.4. The molecule has 0 aliphatic carbocycles. The minimum atomic E-state index is -4.61. The van der Waals surface area contributed by atoms with Crippen molar-refractivity contribution in [2.75, 3.05) is 18.5 Å². The number of carboxylic acid groups (broad SMARTS) is 1. The molecule has 0 aliphatic rings. The van der Waals surface area contributed by atoms with Crippen LogP contribution in [0.25, 0.3) is 0 Å². The van der Waals surface area contributed by atoms with Gasteiger partial charge >= 0.3 is 12.1 Å². The van der Waals surface area contributed by atoms with E-state index in [0.717, 1.165) is 14.0 Å². The van der Waals surface area contributed by atoms with Crippen molar-refractivity contribution >= 4 is 17.6 Å². The number of carbonyl (C=O) groups excluding carboxylic acids is 1. The maximum Gasteiger partial charge on any atom is 0.408 e. The molecule has 1 atom stereocenters. The van der Waals surface area contributed by atoms with Crippen LogP contribution in [-0.2, 0) is 4.79 Å². The number of aliphatic carboxylic acids is 1. The van der Waals surface area contributed by atoms with E-state index in [9.17, 15) is 31.5 Å². The maximum atomic E-state index is 13.8. The van der Waals surface area contributed by atoms with Gasteiger partial charge in [-0.3, -0.25) is 9.59 Å². The summed E-state index contributed by atoms with van der Waals surface area (Å²) < 4.78 is 65.6. The van der Waals surface area contributed by atoms with Crippen LogP contribution >= 0.6 is 0 Å². The second-order valence-corrected chi connectivity index (χ2v) is 4.69. The number of halogens is 5. The summed E-state index contributed by atoms with van der Waals surface area (Å²) in [5.41, 5.74) is -1.48.